The molecule has 0 unspecified atom stereocenters. The molecule has 2 heterocycles. The smallest absolute Gasteiger partial charge is 0.237 e. The SMILES string of the molecule is C[C@@H](Sc1nnc(N2CCCC2)n1C1CC1)C(=O)Nc1ccc(C#N)c(Cl)c1. The average molecular weight is 417 g/mol. The highest BCUT2D eigenvalue weighted by Crippen LogP contribution is 2.42. The largest absolute Gasteiger partial charge is 0.341 e. The van der Waals surface area contributed by atoms with Gasteiger partial charge >= 0.3 is 0 Å². The van der Waals surface area contributed by atoms with Crippen molar-refractivity contribution in [2.75, 3.05) is 23.3 Å². The van der Waals surface area contributed by atoms with Crippen molar-refractivity contribution in [3.05, 3.63) is 28.8 Å². The van der Waals surface area contributed by atoms with E-state index in [-0.39, 0.29) is 11.2 Å². The van der Waals surface area contributed by atoms with E-state index in [0.29, 0.717) is 22.3 Å². The molecule has 2 aromatic rings. The number of benzene rings is 1. The Morgan fingerprint density at radius 2 is 2.11 bits per heavy atom. The van der Waals surface area contributed by atoms with Crippen LogP contribution in [0.15, 0.2) is 23.4 Å². The lowest BCUT2D eigenvalue weighted by atomic mass is 10.2. The molecule has 7 nitrogen and oxygen atoms in total. The Morgan fingerprint density at radius 1 is 1.36 bits per heavy atom. The number of anilines is 2. The topological polar surface area (TPSA) is 86.8 Å². The van der Waals surface area contributed by atoms with Crippen LogP contribution in [0.2, 0.25) is 5.02 Å². The molecule has 0 spiro atoms. The normalized spacial score (nSPS) is 17.4. The molecule has 1 aromatic carbocycles. The molecule has 146 valence electrons. The van der Waals surface area contributed by atoms with Gasteiger partial charge < -0.3 is 10.2 Å². The van der Waals surface area contributed by atoms with E-state index in [2.05, 4.69) is 25.0 Å². The molecular formula is C19H21ClN6OS. The minimum Gasteiger partial charge on any atom is -0.341 e. The summed E-state index contributed by atoms with van der Waals surface area (Å²) in [6.07, 6.45) is 4.64. The molecule has 1 saturated heterocycles. The summed E-state index contributed by atoms with van der Waals surface area (Å²) >= 11 is 7.47. The predicted molar refractivity (Wildman–Crippen MR) is 110 cm³/mol. The van der Waals surface area contributed by atoms with E-state index < -0.39 is 0 Å². The van der Waals surface area contributed by atoms with Crippen molar-refractivity contribution in [3.8, 4) is 6.07 Å². The van der Waals surface area contributed by atoms with Gasteiger partial charge in [0.15, 0.2) is 5.16 Å². The van der Waals surface area contributed by atoms with Gasteiger partial charge in [-0.25, -0.2) is 0 Å². The highest BCUT2D eigenvalue weighted by Gasteiger charge is 2.33. The van der Waals surface area contributed by atoms with E-state index in [9.17, 15) is 4.79 Å². The van der Waals surface area contributed by atoms with Crippen LogP contribution in [0, 0.1) is 11.3 Å². The zero-order valence-corrected chi connectivity index (χ0v) is 17.1. The number of halogens is 1. The van der Waals surface area contributed by atoms with Crippen LogP contribution in [0.5, 0.6) is 0 Å². The number of aromatic nitrogens is 3. The van der Waals surface area contributed by atoms with Crippen LogP contribution < -0.4 is 10.2 Å². The third-order valence-electron chi connectivity index (χ3n) is 4.96. The number of carbonyl (C=O) groups is 1. The van der Waals surface area contributed by atoms with E-state index in [1.54, 1.807) is 18.2 Å². The molecule has 2 fully saturated rings. The first-order chi connectivity index (χ1) is 13.6. The fourth-order valence-corrected chi connectivity index (χ4v) is 4.41. The van der Waals surface area contributed by atoms with Crippen LogP contribution in [-0.4, -0.2) is 39.0 Å². The Balaban J connectivity index is 1.46. The van der Waals surface area contributed by atoms with E-state index >= 15 is 0 Å². The lowest BCUT2D eigenvalue weighted by Crippen LogP contribution is -2.24. The Hall–Kier alpha value is -2.24. The highest BCUT2D eigenvalue weighted by molar-refractivity contribution is 8.00. The van der Waals surface area contributed by atoms with Gasteiger partial charge in [-0.2, -0.15) is 5.26 Å². The fraction of sp³-hybridized carbons (Fsp3) is 0.474. The average Bonchev–Trinajstić information content (AvgIpc) is 3.20. The number of rotatable bonds is 6. The third kappa shape index (κ3) is 3.96. The zero-order chi connectivity index (χ0) is 19.7. The number of nitrogens with one attached hydrogen (secondary N) is 1. The monoisotopic (exact) mass is 416 g/mol. The maximum atomic E-state index is 12.6. The van der Waals surface area contributed by atoms with Gasteiger partial charge in [-0.3, -0.25) is 9.36 Å². The third-order valence-corrected chi connectivity index (χ3v) is 6.33. The lowest BCUT2D eigenvalue weighted by molar-refractivity contribution is -0.115. The number of nitrogens with zero attached hydrogens (tertiary/aromatic N) is 5. The number of hydrogen-bond donors (Lipinski definition) is 1. The summed E-state index contributed by atoms with van der Waals surface area (Å²) in [6, 6.07) is 7.32. The molecule has 28 heavy (non-hydrogen) atoms. The van der Waals surface area contributed by atoms with E-state index in [0.717, 1.165) is 37.0 Å². The van der Waals surface area contributed by atoms with Gasteiger partial charge in [0.25, 0.3) is 0 Å². The van der Waals surface area contributed by atoms with Crippen molar-refractivity contribution in [3.63, 3.8) is 0 Å². The van der Waals surface area contributed by atoms with Gasteiger partial charge in [-0.15, -0.1) is 10.2 Å². The molecule has 1 aromatic heterocycles. The molecule has 1 N–H and O–H groups in total. The van der Waals surface area contributed by atoms with Crippen LogP contribution in [-0.2, 0) is 4.79 Å². The van der Waals surface area contributed by atoms with Crippen molar-refractivity contribution in [1.29, 1.82) is 5.26 Å². The number of amides is 1. The Labute approximate surface area is 173 Å². The summed E-state index contributed by atoms with van der Waals surface area (Å²) in [6.45, 7) is 3.89. The molecule has 1 saturated carbocycles. The van der Waals surface area contributed by atoms with Crippen LogP contribution in [0.1, 0.15) is 44.2 Å². The molecule has 4 rings (SSSR count). The van der Waals surface area contributed by atoms with Crippen LogP contribution >= 0.6 is 23.4 Å². The van der Waals surface area contributed by atoms with Gasteiger partial charge in [0, 0.05) is 24.8 Å². The van der Waals surface area contributed by atoms with Crippen molar-refractivity contribution >= 4 is 40.9 Å². The van der Waals surface area contributed by atoms with E-state index in [1.165, 1.54) is 24.6 Å². The summed E-state index contributed by atoms with van der Waals surface area (Å²) in [5.74, 6) is 0.799. The van der Waals surface area contributed by atoms with E-state index in [4.69, 9.17) is 16.9 Å². The molecule has 2 aliphatic rings. The van der Waals surface area contributed by atoms with Gasteiger partial charge in [-0.1, -0.05) is 23.4 Å². The van der Waals surface area contributed by atoms with Crippen molar-refractivity contribution in [2.24, 2.45) is 0 Å². The van der Waals surface area contributed by atoms with Crippen LogP contribution in [0.3, 0.4) is 0 Å². The standard InChI is InChI=1S/C19H21ClN6OS/c1-12(17(27)22-14-5-4-13(11-21)16(20)10-14)28-19-24-23-18(25-8-2-3-9-25)26(19)15-6-7-15/h4-5,10,12,15H,2-3,6-9H2,1H3,(H,22,27)/t12-/m1/s1. The quantitative estimate of drug-likeness (QED) is 0.719. The second kappa shape index (κ2) is 8.02. The summed E-state index contributed by atoms with van der Waals surface area (Å²) < 4.78 is 2.21. The molecule has 1 aliphatic heterocycles. The van der Waals surface area contributed by atoms with Crippen molar-refractivity contribution in [1.82, 2.24) is 14.8 Å². The highest BCUT2D eigenvalue weighted by atomic mass is 35.5. The number of thioether (sulfide) groups is 1. The maximum absolute atomic E-state index is 12.6. The first-order valence-electron chi connectivity index (χ1n) is 9.44. The van der Waals surface area contributed by atoms with Gasteiger partial charge in [0.1, 0.15) is 6.07 Å². The van der Waals surface area contributed by atoms with Crippen LogP contribution in [0.25, 0.3) is 0 Å². The molecule has 0 bridgehead atoms. The van der Waals surface area contributed by atoms with Crippen LogP contribution in [0.4, 0.5) is 11.6 Å². The second-order valence-electron chi connectivity index (χ2n) is 7.13. The minimum atomic E-state index is -0.345. The molecule has 1 aliphatic carbocycles. The fourth-order valence-electron chi connectivity index (χ4n) is 3.27. The Morgan fingerprint density at radius 3 is 2.75 bits per heavy atom. The second-order valence-corrected chi connectivity index (χ2v) is 8.85. The lowest BCUT2D eigenvalue weighted by Gasteiger charge is -2.18. The van der Waals surface area contributed by atoms with E-state index in [1.807, 2.05) is 13.0 Å². The molecule has 1 amide bonds. The number of carbonyl (C=O) groups excluding carboxylic acids is 1. The summed E-state index contributed by atoms with van der Waals surface area (Å²) in [5.41, 5.74) is 0.955. The van der Waals surface area contributed by atoms with Crippen molar-refractivity contribution in [2.45, 2.75) is 49.1 Å². The first-order valence-corrected chi connectivity index (χ1v) is 10.7. The summed E-state index contributed by atoms with van der Waals surface area (Å²) in [7, 11) is 0. The predicted octanol–water partition coefficient (Wildman–Crippen LogP) is 3.86. The van der Waals surface area contributed by atoms with Gasteiger partial charge in [0.2, 0.25) is 11.9 Å². The summed E-state index contributed by atoms with van der Waals surface area (Å²) in [5, 5.41) is 21.4. The molecule has 9 heteroatoms. The molecular weight excluding hydrogens is 396 g/mol. The molecule has 0 radical (unpaired) electrons. The maximum Gasteiger partial charge on any atom is 0.237 e. The minimum absolute atomic E-state index is 0.140. The number of nitriles is 1. The summed E-state index contributed by atoms with van der Waals surface area (Å²) in [4.78, 5) is 14.9. The Bertz CT molecular complexity index is 929. The Kier molecular flexibility index (Phi) is 5.47. The first kappa shape index (κ1) is 19.1. The molecule has 1 atom stereocenters. The number of hydrogen-bond acceptors (Lipinski definition) is 6. The zero-order valence-electron chi connectivity index (χ0n) is 15.6. The van der Waals surface area contributed by atoms with Crippen molar-refractivity contribution < 1.29 is 4.79 Å². The van der Waals surface area contributed by atoms with Gasteiger partial charge in [-0.05, 0) is 50.8 Å². The van der Waals surface area contributed by atoms with Gasteiger partial charge in [0.05, 0.1) is 15.8 Å².